The van der Waals surface area contributed by atoms with Gasteiger partial charge in [0.2, 0.25) is 5.78 Å². The van der Waals surface area contributed by atoms with E-state index in [1.165, 1.54) is 33.3 Å². The number of carbonyl (C=O) groups is 4. The first kappa shape index (κ1) is 22.0. The Labute approximate surface area is 178 Å². The number of aromatic hydroxyl groups is 1. The summed E-state index contributed by atoms with van der Waals surface area (Å²) in [5, 5.41) is 10.9. The highest BCUT2D eigenvalue weighted by molar-refractivity contribution is 6.31. The minimum Gasteiger partial charge on any atom is -0.507 e. The first-order valence-corrected chi connectivity index (χ1v) is 9.63. The molecule has 3 rings (SSSR count). The molecule has 8 heteroatoms. The lowest BCUT2D eigenvalue weighted by Crippen LogP contribution is -2.27. The fourth-order valence-corrected chi connectivity index (χ4v) is 3.70. The summed E-state index contributed by atoms with van der Waals surface area (Å²) in [6.07, 6.45) is -0.218. The molecule has 1 unspecified atom stereocenters. The lowest BCUT2D eigenvalue weighted by Gasteiger charge is -2.24. The highest BCUT2D eigenvalue weighted by Crippen LogP contribution is 2.43. The Morgan fingerprint density at radius 1 is 1.00 bits per heavy atom. The number of methoxy groups -OCH3 is 2. The topological polar surface area (TPSA) is 116 Å². The highest BCUT2D eigenvalue weighted by atomic mass is 16.5. The number of benzene rings is 2. The second kappa shape index (κ2) is 8.59. The van der Waals surface area contributed by atoms with Gasteiger partial charge >= 0.3 is 5.97 Å². The number of fused-ring (bicyclic) bond motifs is 2. The molecule has 0 aromatic heterocycles. The summed E-state index contributed by atoms with van der Waals surface area (Å²) in [5.74, 6) is -3.72. The van der Waals surface area contributed by atoms with Crippen molar-refractivity contribution in [3.8, 4) is 17.2 Å². The molecule has 0 saturated heterocycles. The van der Waals surface area contributed by atoms with Gasteiger partial charge in [-0.3, -0.25) is 19.2 Å². The highest BCUT2D eigenvalue weighted by Gasteiger charge is 2.38. The van der Waals surface area contributed by atoms with Crippen LogP contribution in [0.4, 0.5) is 0 Å². The van der Waals surface area contributed by atoms with Gasteiger partial charge in [0.1, 0.15) is 28.9 Å². The molecule has 0 aliphatic heterocycles. The van der Waals surface area contributed by atoms with Crippen LogP contribution in [0.15, 0.2) is 24.3 Å². The Morgan fingerprint density at radius 3 is 2.26 bits per heavy atom. The standard InChI is InChI=1S/C23H22O8/c1-5-31-23(28)14(11(2)24)9-12-10-16(30-4)18-19(20(12)25)22(27)17-13(21(18)26)7-6-8-15(17)29-3/h6-8,10,14,25H,5,9H2,1-4H3. The minimum absolute atomic E-state index is 0.0329. The maximum atomic E-state index is 13.3. The zero-order valence-electron chi connectivity index (χ0n) is 17.6. The largest absolute Gasteiger partial charge is 0.507 e. The molecule has 0 bridgehead atoms. The zero-order valence-corrected chi connectivity index (χ0v) is 17.6. The number of phenols is 1. The number of ether oxygens (including phenoxy) is 3. The summed E-state index contributed by atoms with van der Waals surface area (Å²) in [6, 6.07) is 5.99. The molecule has 162 valence electrons. The quantitative estimate of drug-likeness (QED) is 0.453. The molecule has 0 radical (unpaired) electrons. The number of hydrogen-bond acceptors (Lipinski definition) is 8. The lowest BCUT2D eigenvalue weighted by molar-refractivity contribution is -0.151. The Bertz CT molecular complexity index is 1100. The normalized spacial score (nSPS) is 13.2. The Balaban J connectivity index is 2.20. The van der Waals surface area contributed by atoms with Crippen LogP contribution in [0.25, 0.3) is 0 Å². The maximum absolute atomic E-state index is 13.3. The van der Waals surface area contributed by atoms with Crippen LogP contribution in [0, 0.1) is 5.92 Å². The molecule has 0 fully saturated rings. The number of Topliss-reactive ketones (excluding diaryl/α,β-unsaturated/α-hetero) is 1. The summed E-state index contributed by atoms with van der Waals surface area (Å²) < 4.78 is 15.5. The second-order valence-corrected chi connectivity index (χ2v) is 7.00. The van der Waals surface area contributed by atoms with E-state index < -0.39 is 35.0 Å². The summed E-state index contributed by atoms with van der Waals surface area (Å²) in [7, 11) is 2.69. The van der Waals surface area contributed by atoms with Crippen molar-refractivity contribution in [3.63, 3.8) is 0 Å². The average molecular weight is 426 g/mol. The number of phenolic OH excluding ortho intramolecular Hbond substituents is 1. The van der Waals surface area contributed by atoms with E-state index in [0.29, 0.717) is 0 Å². The van der Waals surface area contributed by atoms with Gasteiger partial charge < -0.3 is 19.3 Å². The monoisotopic (exact) mass is 426 g/mol. The molecule has 1 aliphatic carbocycles. The van der Waals surface area contributed by atoms with Gasteiger partial charge in [-0.1, -0.05) is 12.1 Å². The van der Waals surface area contributed by atoms with Gasteiger partial charge in [0.15, 0.2) is 5.78 Å². The van der Waals surface area contributed by atoms with Gasteiger partial charge in [-0.2, -0.15) is 0 Å². The van der Waals surface area contributed by atoms with Gasteiger partial charge in [-0.25, -0.2) is 0 Å². The summed E-state index contributed by atoms with van der Waals surface area (Å²) in [6.45, 7) is 2.94. The van der Waals surface area contributed by atoms with Crippen LogP contribution in [-0.4, -0.2) is 49.3 Å². The molecule has 2 aromatic carbocycles. The molecule has 0 heterocycles. The number of carbonyl (C=O) groups excluding carboxylic acids is 4. The number of ketones is 3. The van der Waals surface area contributed by atoms with Crippen LogP contribution < -0.4 is 9.47 Å². The molecular weight excluding hydrogens is 404 g/mol. The zero-order chi connectivity index (χ0) is 22.9. The van der Waals surface area contributed by atoms with E-state index in [-0.39, 0.29) is 52.3 Å². The average Bonchev–Trinajstić information content (AvgIpc) is 2.75. The fourth-order valence-electron chi connectivity index (χ4n) is 3.70. The Kier molecular flexibility index (Phi) is 6.10. The molecule has 0 saturated carbocycles. The molecule has 1 aliphatic rings. The van der Waals surface area contributed by atoms with E-state index in [9.17, 15) is 24.3 Å². The summed E-state index contributed by atoms with van der Waals surface area (Å²) in [5.41, 5.74) is -0.0446. The van der Waals surface area contributed by atoms with Gasteiger partial charge in [-0.05, 0) is 38.0 Å². The van der Waals surface area contributed by atoms with Gasteiger partial charge in [-0.15, -0.1) is 0 Å². The van der Waals surface area contributed by atoms with E-state index in [1.54, 1.807) is 19.1 Å². The van der Waals surface area contributed by atoms with E-state index in [2.05, 4.69) is 0 Å². The van der Waals surface area contributed by atoms with Crippen molar-refractivity contribution in [3.05, 3.63) is 52.1 Å². The number of rotatable bonds is 7. The molecule has 1 N–H and O–H groups in total. The predicted octanol–water partition coefficient (Wildman–Crippen LogP) is 2.50. The van der Waals surface area contributed by atoms with Gasteiger partial charge in [0.05, 0.1) is 37.5 Å². The molecule has 1 atom stereocenters. The Morgan fingerprint density at radius 2 is 1.68 bits per heavy atom. The van der Waals surface area contributed by atoms with Gasteiger partial charge in [0.25, 0.3) is 0 Å². The van der Waals surface area contributed by atoms with E-state index in [4.69, 9.17) is 14.2 Å². The van der Waals surface area contributed by atoms with Crippen molar-refractivity contribution in [1.82, 2.24) is 0 Å². The molecule has 0 amide bonds. The van der Waals surface area contributed by atoms with Crippen molar-refractivity contribution in [2.75, 3.05) is 20.8 Å². The molecular formula is C23H22O8. The minimum atomic E-state index is -1.18. The lowest BCUT2D eigenvalue weighted by atomic mass is 9.80. The van der Waals surface area contributed by atoms with Crippen molar-refractivity contribution >= 4 is 23.3 Å². The van der Waals surface area contributed by atoms with Crippen molar-refractivity contribution in [2.45, 2.75) is 20.3 Å². The summed E-state index contributed by atoms with van der Waals surface area (Å²) >= 11 is 0. The van der Waals surface area contributed by atoms with Crippen molar-refractivity contribution in [1.29, 1.82) is 0 Å². The van der Waals surface area contributed by atoms with Crippen LogP contribution in [0.1, 0.15) is 51.3 Å². The molecule has 0 spiro atoms. The van der Waals surface area contributed by atoms with Crippen LogP contribution >= 0.6 is 0 Å². The van der Waals surface area contributed by atoms with Crippen LogP contribution in [0.5, 0.6) is 17.2 Å². The molecule has 8 nitrogen and oxygen atoms in total. The number of esters is 1. The maximum Gasteiger partial charge on any atom is 0.316 e. The first-order chi connectivity index (χ1) is 14.8. The van der Waals surface area contributed by atoms with Crippen LogP contribution in [0.2, 0.25) is 0 Å². The van der Waals surface area contributed by atoms with E-state index in [1.807, 2.05) is 0 Å². The Hall–Kier alpha value is -3.68. The smallest absolute Gasteiger partial charge is 0.316 e. The van der Waals surface area contributed by atoms with Crippen LogP contribution in [0.3, 0.4) is 0 Å². The van der Waals surface area contributed by atoms with Crippen LogP contribution in [-0.2, 0) is 20.7 Å². The van der Waals surface area contributed by atoms with E-state index >= 15 is 0 Å². The predicted molar refractivity (Wildman–Crippen MR) is 109 cm³/mol. The summed E-state index contributed by atoms with van der Waals surface area (Å²) in [4.78, 5) is 50.7. The third kappa shape index (κ3) is 3.65. The molecule has 31 heavy (non-hydrogen) atoms. The van der Waals surface area contributed by atoms with Gasteiger partial charge in [0, 0.05) is 5.56 Å². The van der Waals surface area contributed by atoms with E-state index in [0.717, 1.165) is 0 Å². The number of hydrogen-bond donors (Lipinski definition) is 1. The van der Waals surface area contributed by atoms with Crippen molar-refractivity contribution in [2.24, 2.45) is 5.92 Å². The molecule has 2 aromatic rings. The fraction of sp³-hybridized carbons (Fsp3) is 0.304. The SMILES string of the molecule is CCOC(=O)C(Cc1cc(OC)c2c(c1O)C(=O)c1c(OC)cccc1C2=O)C(C)=O. The first-order valence-electron chi connectivity index (χ1n) is 9.63. The third-order valence-corrected chi connectivity index (χ3v) is 5.22. The third-order valence-electron chi connectivity index (χ3n) is 5.22. The second-order valence-electron chi connectivity index (χ2n) is 7.00. The van der Waals surface area contributed by atoms with Crippen molar-refractivity contribution < 1.29 is 38.5 Å².